The summed E-state index contributed by atoms with van der Waals surface area (Å²) in [5.41, 5.74) is 5.81. The van der Waals surface area contributed by atoms with Crippen LogP contribution in [0.4, 0.5) is 8.78 Å². The third-order valence-corrected chi connectivity index (χ3v) is 3.64. The second-order valence-electron chi connectivity index (χ2n) is 5.62. The highest BCUT2D eigenvalue weighted by molar-refractivity contribution is 5.94. The molecule has 6 nitrogen and oxygen atoms in total. The molecule has 0 aliphatic carbocycles. The summed E-state index contributed by atoms with van der Waals surface area (Å²) < 4.78 is 28.9. The number of carbonyl (C=O) groups is 2. The van der Waals surface area contributed by atoms with Gasteiger partial charge in [-0.2, -0.15) is 5.10 Å². The first kappa shape index (κ1) is 17.6. The molecule has 8 heteroatoms. The van der Waals surface area contributed by atoms with Crippen molar-refractivity contribution in [3.05, 3.63) is 52.9 Å². The molecule has 1 atom stereocenters. The van der Waals surface area contributed by atoms with E-state index in [-0.39, 0.29) is 18.5 Å². The van der Waals surface area contributed by atoms with Gasteiger partial charge in [0.15, 0.2) is 0 Å². The second kappa shape index (κ2) is 7.20. The Hall–Kier alpha value is -2.77. The van der Waals surface area contributed by atoms with Crippen LogP contribution in [-0.4, -0.2) is 28.1 Å². The van der Waals surface area contributed by atoms with Gasteiger partial charge in [0.2, 0.25) is 5.91 Å². The molecular weight excluding hydrogens is 318 g/mol. The van der Waals surface area contributed by atoms with Gasteiger partial charge < -0.3 is 11.1 Å². The third kappa shape index (κ3) is 4.15. The zero-order valence-corrected chi connectivity index (χ0v) is 13.3. The summed E-state index contributed by atoms with van der Waals surface area (Å²) in [5, 5.41) is 6.41. The lowest BCUT2D eigenvalue weighted by atomic mass is 10.0. The van der Waals surface area contributed by atoms with Gasteiger partial charge in [0, 0.05) is 19.8 Å². The molecule has 1 heterocycles. The molecule has 0 saturated carbocycles. The van der Waals surface area contributed by atoms with Crippen molar-refractivity contribution in [2.24, 2.45) is 18.7 Å². The number of aryl methyl sites for hydroxylation is 2. The highest BCUT2D eigenvalue weighted by Gasteiger charge is 2.20. The summed E-state index contributed by atoms with van der Waals surface area (Å²) in [6, 6.07) is 1.78. The smallest absolute Gasteiger partial charge is 0.254 e. The molecule has 0 aliphatic rings. The number of benzene rings is 1. The number of halogens is 2. The molecule has 1 aromatic carbocycles. The monoisotopic (exact) mass is 336 g/mol. The summed E-state index contributed by atoms with van der Waals surface area (Å²) in [7, 11) is 1.74. The van der Waals surface area contributed by atoms with Crippen LogP contribution in [-0.2, 0) is 18.3 Å². The molecule has 24 heavy (non-hydrogen) atoms. The van der Waals surface area contributed by atoms with E-state index in [1.54, 1.807) is 24.1 Å². The molecule has 0 spiro atoms. The quantitative estimate of drug-likeness (QED) is 0.827. The standard InChI is InChI=1S/C16H18F2N4O2/c1-9-3-14(18)12(5-13(9)17)16(24)20-7-11(15(19)23)4-10-6-21-22(2)8-10/h3,5-6,8,11H,4,7H2,1-2H3,(H2,19,23)(H,20,24)/t11-/m0/s1. The van der Waals surface area contributed by atoms with Crippen LogP contribution < -0.4 is 11.1 Å². The average Bonchev–Trinajstić information content (AvgIpc) is 2.91. The number of carbonyl (C=O) groups excluding carboxylic acids is 2. The van der Waals surface area contributed by atoms with Gasteiger partial charge in [0.25, 0.3) is 5.91 Å². The lowest BCUT2D eigenvalue weighted by molar-refractivity contribution is -0.121. The van der Waals surface area contributed by atoms with Crippen molar-refractivity contribution in [3.8, 4) is 0 Å². The van der Waals surface area contributed by atoms with Crippen molar-refractivity contribution >= 4 is 11.8 Å². The summed E-state index contributed by atoms with van der Waals surface area (Å²) in [5.74, 6) is -3.59. The topological polar surface area (TPSA) is 90.0 Å². The number of rotatable bonds is 6. The summed E-state index contributed by atoms with van der Waals surface area (Å²) in [6.07, 6.45) is 3.60. The van der Waals surface area contributed by atoms with Crippen LogP contribution >= 0.6 is 0 Å². The highest BCUT2D eigenvalue weighted by Crippen LogP contribution is 2.14. The Morgan fingerprint density at radius 3 is 2.62 bits per heavy atom. The fourth-order valence-corrected chi connectivity index (χ4v) is 2.27. The Kier molecular flexibility index (Phi) is 5.28. The fourth-order valence-electron chi connectivity index (χ4n) is 2.27. The molecular formula is C16H18F2N4O2. The maximum atomic E-state index is 13.8. The van der Waals surface area contributed by atoms with E-state index >= 15 is 0 Å². The van der Waals surface area contributed by atoms with E-state index in [0.29, 0.717) is 0 Å². The highest BCUT2D eigenvalue weighted by atomic mass is 19.1. The van der Waals surface area contributed by atoms with E-state index in [4.69, 9.17) is 5.73 Å². The molecule has 0 bridgehead atoms. The molecule has 2 rings (SSSR count). The van der Waals surface area contributed by atoms with Crippen LogP contribution in [0.5, 0.6) is 0 Å². The van der Waals surface area contributed by atoms with Crippen LogP contribution in [0.1, 0.15) is 21.5 Å². The Labute approximate surface area is 137 Å². The van der Waals surface area contributed by atoms with Crippen molar-refractivity contribution in [1.82, 2.24) is 15.1 Å². The number of nitrogens with two attached hydrogens (primary N) is 1. The van der Waals surface area contributed by atoms with Crippen LogP contribution in [0, 0.1) is 24.5 Å². The molecule has 0 unspecified atom stereocenters. The summed E-state index contributed by atoms with van der Waals surface area (Å²) in [4.78, 5) is 23.6. The lowest BCUT2D eigenvalue weighted by Crippen LogP contribution is -2.37. The van der Waals surface area contributed by atoms with Gasteiger partial charge in [-0.3, -0.25) is 14.3 Å². The average molecular weight is 336 g/mol. The van der Waals surface area contributed by atoms with E-state index < -0.39 is 34.9 Å². The number of nitrogens with one attached hydrogen (secondary N) is 1. The maximum Gasteiger partial charge on any atom is 0.254 e. The number of nitrogens with zero attached hydrogens (tertiary/aromatic N) is 2. The van der Waals surface area contributed by atoms with E-state index in [0.717, 1.165) is 17.7 Å². The SMILES string of the molecule is Cc1cc(F)c(C(=O)NC[C@H](Cc2cnn(C)c2)C(N)=O)cc1F. The maximum absolute atomic E-state index is 13.8. The number of hydrogen-bond acceptors (Lipinski definition) is 3. The molecule has 0 radical (unpaired) electrons. The molecule has 0 fully saturated rings. The van der Waals surface area contributed by atoms with E-state index in [1.807, 2.05) is 0 Å². The summed E-state index contributed by atoms with van der Waals surface area (Å²) >= 11 is 0. The third-order valence-electron chi connectivity index (χ3n) is 3.64. The van der Waals surface area contributed by atoms with Crippen molar-refractivity contribution in [2.45, 2.75) is 13.3 Å². The number of hydrogen-bond donors (Lipinski definition) is 2. The summed E-state index contributed by atoms with van der Waals surface area (Å²) in [6.45, 7) is 1.31. The van der Waals surface area contributed by atoms with Crippen molar-refractivity contribution in [3.63, 3.8) is 0 Å². The Bertz CT molecular complexity index is 773. The lowest BCUT2D eigenvalue weighted by Gasteiger charge is -2.14. The molecule has 2 aromatic rings. The number of amides is 2. The van der Waals surface area contributed by atoms with E-state index in [2.05, 4.69) is 10.4 Å². The fraction of sp³-hybridized carbons (Fsp3) is 0.312. The molecule has 3 N–H and O–H groups in total. The predicted molar refractivity (Wildman–Crippen MR) is 83.0 cm³/mol. The minimum atomic E-state index is -0.825. The van der Waals surface area contributed by atoms with Crippen molar-refractivity contribution in [1.29, 1.82) is 0 Å². The Morgan fingerprint density at radius 2 is 2.04 bits per heavy atom. The molecule has 0 saturated heterocycles. The minimum absolute atomic E-state index is 0.0853. The number of primary amides is 1. The Morgan fingerprint density at radius 1 is 1.33 bits per heavy atom. The molecule has 0 aliphatic heterocycles. The molecule has 2 amide bonds. The number of aromatic nitrogens is 2. The van der Waals surface area contributed by atoms with Gasteiger partial charge in [0.1, 0.15) is 11.6 Å². The van der Waals surface area contributed by atoms with Crippen LogP contribution in [0.25, 0.3) is 0 Å². The van der Waals surface area contributed by atoms with Crippen LogP contribution in [0.15, 0.2) is 24.5 Å². The predicted octanol–water partition coefficient (Wildman–Crippen LogP) is 1.08. The van der Waals surface area contributed by atoms with Gasteiger partial charge in [-0.15, -0.1) is 0 Å². The van der Waals surface area contributed by atoms with Gasteiger partial charge >= 0.3 is 0 Å². The van der Waals surface area contributed by atoms with Crippen LogP contribution in [0.2, 0.25) is 0 Å². The zero-order valence-electron chi connectivity index (χ0n) is 13.3. The first-order valence-electron chi connectivity index (χ1n) is 7.28. The first-order valence-corrected chi connectivity index (χ1v) is 7.28. The van der Waals surface area contributed by atoms with Gasteiger partial charge in [0.05, 0.1) is 17.7 Å². The van der Waals surface area contributed by atoms with Crippen molar-refractivity contribution < 1.29 is 18.4 Å². The van der Waals surface area contributed by atoms with Gasteiger partial charge in [-0.1, -0.05) is 0 Å². The molecule has 1 aromatic heterocycles. The van der Waals surface area contributed by atoms with Crippen LogP contribution in [0.3, 0.4) is 0 Å². The second-order valence-corrected chi connectivity index (χ2v) is 5.62. The first-order chi connectivity index (χ1) is 11.3. The van der Waals surface area contributed by atoms with Crippen molar-refractivity contribution in [2.75, 3.05) is 6.54 Å². The zero-order chi connectivity index (χ0) is 17.9. The van der Waals surface area contributed by atoms with E-state index in [1.165, 1.54) is 6.92 Å². The molecule has 128 valence electrons. The largest absolute Gasteiger partial charge is 0.369 e. The van der Waals surface area contributed by atoms with Gasteiger partial charge in [-0.25, -0.2) is 8.78 Å². The van der Waals surface area contributed by atoms with Gasteiger partial charge in [-0.05, 0) is 36.6 Å². The van der Waals surface area contributed by atoms with E-state index in [9.17, 15) is 18.4 Å². The minimum Gasteiger partial charge on any atom is -0.369 e. The Balaban J connectivity index is 2.05. The normalized spacial score (nSPS) is 12.0.